The summed E-state index contributed by atoms with van der Waals surface area (Å²) in [7, 11) is 1.94. The van der Waals surface area contributed by atoms with Crippen LogP contribution in [0.3, 0.4) is 0 Å². The van der Waals surface area contributed by atoms with Crippen LogP contribution < -0.4 is 0 Å². The van der Waals surface area contributed by atoms with Gasteiger partial charge in [-0.1, -0.05) is 26.7 Å². The third kappa shape index (κ3) is 1.98. The monoisotopic (exact) mass is 190 g/mol. The van der Waals surface area contributed by atoms with Crippen LogP contribution in [0.15, 0.2) is 6.07 Å². The lowest BCUT2D eigenvalue weighted by Gasteiger charge is -2.13. The van der Waals surface area contributed by atoms with Gasteiger partial charge in [0.15, 0.2) is 0 Å². The number of aromatic nitrogens is 2. The highest BCUT2D eigenvalue weighted by Gasteiger charge is 2.20. The molecule has 2 nitrogen and oxygen atoms in total. The summed E-state index contributed by atoms with van der Waals surface area (Å²) >= 11 is 0. The van der Waals surface area contributed by atoms with E-state index in [1.54, 1.807) is 0 Å². The van der Waals surface area contributed by atoms with Crippen molar-refractivity contribution in [2.75, 3.05) is 0 Å². The molecule has 0 spiro atoms. The van der Waals surface area contributed by atoms with Crippen LogP contribution in [0.2, 0.25) is 0 Å². The van der Waals surface area contributed by atoms with Crippen molar-refractivity contribution in [3.05, 3.63) is 17.5 Å². The van der Waals surface area contributed by atoms with Crippen LogP contribution in [0.5, 0.6) is 0 Å². The maximum absolute atomic E-state index is 5.40. The Balaban J connectivity index is 3.13. The first-order valence-electron chi connectivity index (χ1n) is 4.87. The molecule has 1 unspecified atom stereocenters. The molecule has 1 atom stereocenters. The Kier molecular flexibility index (Phi) is 2.71. The molecule has 0 aliphatic carbocycles. The first-order valence-corrected chi connectivity index (χ1v) is 4.87. The van der Waals surface area contributed by atoms with Gasteiger partial charge in [-0.25, -0.2) is 0 Å². The molecule has 2 heteroatoms. The molecule has 14 heavy (non-hydrogen) atoms. The molecule has 1 aromatic heterocycles. The number of hydrogen-bond donors (Lipinski definition) is 0. The van der Waals surface area contributed by atoms with Crippen molar-refractivity contribution >= 4 is 0 Å². The first kappa shape index (κ1) is 10.8. The fourth-order valence-electron chi connectivity index (χ4n) is 1.34. The maximum Gasteiger partial charge on any atom is 0.0681 e. The lowest BCUT2D eigenvalue weighted by atomic mass is 9.91. The zero-order valence-corrected chi connectivity index (χ0v) is 9.63. The van der Waals surface area contributed by atoms with Crippen molar-refractivity contribution in [3.8, 4) is 12.3 Å². The average Bonchev–Trinajstić information content (AvgIpc) is 2.45. The lowest BCUT2D eigenvalue weighted by Crippen LogP contribution is -2.12. The van der Waals surface area contributed by atoms with E-state index in [4.69, 9.17) is 6.42 Å². The molecule has 0 aromatic carbocycles. The van der Waals surface area contributed by atoms with Crippen molar-refractivity contribution < 1.29 is 0 Å². The highest BCUT2D eigenvalue weighted by molar-refractivity contribution is 5.24. The van der Waals surface area contributed by atoms with E-state index in [1.165, 1.54) is 0 Å². The minimum Gasteiger partial charge on any atom is -0.271 e. The van der Waals surface area contributed by atoms with Crippen molar-refractivity contribution in [2.45, 2.75) is 39.0 Å². The molecule has 0 radical (unpaired) electrons. The van der Waals surface area contributed by atoms with Crippen molar-refractivity contribution in [1.29, 1.82) is 0 Å². The summed E-state index contributed by atoms with van der Waals surface area (Å²) in [6.45, 7) is 8.47. The second-order valence-electron chi connectivity index (χ2n) is 4.72. The van der Waals surface area contributed by atoms with Gasteiger partial charge in [0.25, 0.3) is 0 Å². The molecule has 0 fully saturated rings. The molecule has 76 valence electrons. The number of nitrogens with zero attached hydrogens (tertiary/aromatic N) is 2. The second kappa shape index (κ2) is 3.49. The Hall–Kier alpha value is -1.23. The quantitative estimate of drug-likeness (QED) is 0.622. The summed E-state index contributed by atoms with van der Waals surface area (Å²) in [6, 6.07) is 2.10. The van der Waals surface area contributed by atoms with Gasteiger partial charge in [-0.3, -0.25) is 4.68 Å². The first-order chi connectivity index (χ1) is 6.36. The maximum atomic E-state index is 5.40. The average molecular weight is 190 g/mol. The standard InChI is InChI=1S/C12H18N2/c1-7-9(2)10-8-11(12(3,4)5)13-14(10)6/h1,8-9H,2-6H3. The van der Waals surface area contributed by atoms with Gasteiger partial charge >= 0.3 is 0 Å². The predicted molar refractivity (Wildman–Crippen MR) is 59.2 cm³/mol. The molecule has 0 saturated heterocycles. The van der Waals surface area contributed by atoms with Gasteiger partial charge in [-0.2, -0.15) is 5.10 Å². The topological polar surface area (TPSA) is 17.8 Å². The highest BCUT2D eigenvalue weighted by atomic mass is 15.3. The Morgan fingerprint density at radius 2 is 2.07 bits per heavy atom. The minimum absolute atomic E-state index is 0.0876. The Bertz CT molecular complexity index is 361. The summed E-state index contributed by atoms with van der Waals surface area (Å²) < 4.78 is 1.88. The number of terminal acetylenes is 1. The molecule has 0 saturated carbocycles. The number of hydrogen-bond acceptors (Lipinski definition) is 1. The molecule has 1 aromatic rings. The fraction of sp³-hybridized carbons (Fsp3) is 0.583. The summed E-state index contributed by atoms with van der Waals surface area (Å²) in [5.41, 5.74) is 2.29. The molecule has 0 aliphatic rings. The SMILES string of the molecule is C#CC(C)c1cc(C(C)(C)C)nn1C. The van der Waals surface area contributed by atoms with Gasteiger partial charge in [0.2, 0.25) is 0 Å². The second-order valence-corrected chi connectivity index (χ2v) is 4.72. The predicted octanol–water partition coefficient (Wildman–Crippen LogP) is 2.45. The van der Waals surface area contributed by atoms with Gasteiger partial charge in [-0.15, -0.1) is 6.42 Å². The van der Waals surface area contributed by atoms with Crippen LogP contribution in [0, 0.1) is 12.3 Å². The Morgan fingerprint density at radius 3 is 2.43 bits per heavy atom. The van der Waals surface area contributed by atoms with Gasteiger partial charge in [0, 0.05) is 12.5 Å². The Labute approximate surface area is 86.3 Å². The molecule has 0 aliphatic heterocycles. The van der Waals surface area contributed by atoms with Crippen LogP contribution in [0.25, 0.3) is 0 Å². The zero-order chi connectivity index (χ0) is 10.9. The Morgan fingerprint density at radius 1 is 1.50 bits per heavy atom. The minimum atomic E-state index is 0.0876. The highest BCUT2D eigenvalue weighted by Crippen LogP contribution is 2.24. The number of aryl methyl sites for hydroxylation is 1. The third-order valence-electron chi connectivity index (χ3n) is 2.38. The van der Waals surface area contributed by atoms with Gasteiger partial charge in [0.1, 0.15) is 0 Å². The van der Waals surface area contributed by atoms with Crippen molar-refractivity contribution in [1.82, 2.24) is 9.78 Å². The van der Waals surface area contributed by atoms with E-state index in [0.29, 0.717) is 0 Å². The normalized spacial score (nSPS) is 13.7. The number of rotatable bonds is 1. The summed E-state index contributed by atoms with van der Waals surface area (Å²) in [4.78, 5) is 0. The van der Waals surface area contributed by atoms with Gasteiger partial charge in [-0.05, 0) is 13.0 Å². The molecule has 1 rings (SSSR count). The van der Waals surface area contributed by atoms with Crippen LogP contribution in [-0.2, 0) is 12.5 Å². The summed E-state index contributed by atoms with van der Waals surface area (Å²) in [5.74, 6) is 2.85. The van der Waals surface area contributed by atoms with E-state index in [2.05, 4.69) is 37.9 Å². The zero-order valence-electron chi connectivity index (χ0n) is 9.63. The smallest absolute Gasteiger partial charge is 0.0681 e. The van der Waals surface area contributed by atoms with Crippen molar-refractivity contribution in [3.63, 3.8) is 0 Å². The van der Waals surface area contributed by atoms with E-state index >= 15 is 0 Å². The van der Waals surface area contributed by atoms with Gasteiger partial charge in [0.05, 0.1) is 17.3 Å². The van der Waals surface area contributed by atoms with E-state index in [-0.39, 0.29) is 11.3 Å². The van der Waals surface area contributed by atoms with Crippen LogP contribution >= 0.6 is 0 Å². The molecule has 1 heterocycles. The molecule has 0 N–H and O–H groups in total. The summed E-state index contributed by atoms with van der Waals surface area (Å²) in [5, 5.41) is 4.47. The van der Waals surface area contributed by atoms with Crippen LogP contribution in [-0.4, -0.2) is 9.78 Å². The van der Waals surface area contributed by atoms with E-state index in [1.807, 2.05) is 18.7 Å². The molecular weight excluding hydrogens is 172 g/mol. The summed E-state index contributed by atoms with van der Waals surface area (Å²) in [6.07, 6.45) is 5.40. The third-order valence-corrected chi connectivity index (χ3v) is 2.38. The molecule has 0 amide bonds. The fourth-order valence-corrected chi connectivity index (χ4v) is 1.34. The molecular formula is C12H18N2. The van der Waals surface area contributed by atoms with Gasteiger partial charge < -0.3 is 0 Å². The van der Waals surface area contributed by atoms with Crippen LogP contribution in [0.1, 0.15) is 45.0 Å². The van der Waals surface area contributed by atoms with E-state index < -0.39 is 0 Å². The largest absolute Gasteiger partial charge is 0.271 e. The van der Waals surface area contributed by atoms with E-state index in [0.717, 1.165) is 11.4 Å². The van der Waals surface area contributed by atoms with E-state index in [9.17, 15) is 0 Å². The van der Waals surface area contributed by atoms with Crippen molar-refractivity contribution in [2.24, 2.45) is 7.05 Å². The lowest BCUT2D eigenvalue weighted by molar-refractivity contribution is 0.551. The van der Waals surface area contributed by atoms with Crippen LogP contribution in [0.4, 0.5) is 0 Å². The molecule has 0 bridgehead atoms.